The molecule has 1 aliphatic rings. The summed E-state index contributed by atoms with van der Waals surface area (Å²) in [5, 5.41) is 0.748. The number of hydrogen-bond acceptors (Lipinski definition) is 1. The van der Waals surface area contributed by atoms with Crippen LogP contribution in [-0.2, 0) is 0 Å². The normalized spacial score (nSPS) is 12.0. The Bertz CT molecular complexity index is 1100. The predicted octanol–water partition coefficient (Wildman–Crippen LogP) is 7.46. The smallest absolute Gasteiger partial charge is 0.0541 e. The Morgan fingerprint density at radius 1 is 0.500 bits per heavy atom. The van der Waals surface area contributed by atoms with Gasteiger partial charge in [-0.3, -0.25) is 0 Å². The second kappa shape index (κ2) is 6.05. The molecule has 0 amide bonds. The van der Waals surface area contributed by atoms with E-state index in [1.165, 1.54) is 22.4 Å². The molecule has 0 radical (unpaired) electrons. The molecule has 124 valence electrons. The van der Waals surface area contributed by atoms with E-state index in [1.807, 2.05) is 12.1 Å². The van der Waals surface area contributed by atoms with Gasteiger partial charge < -0.3 is 4.90 Å². The summed E-state index contributed by atoms with van der Waals surface area (Å²) >= 11 is 6.38. The van der Waals surface area contributed by atoms with E-state index >= 15 is 0 Å². The molecule has 0 unspecified atom stereocenters. The molecule has 0 bridgehead atoms. The van der Waals surface area contributed by atoms with Gasteiger partial charge in [0.2, 0.25) is 0 Å². The number of para-hydroxylation sites is 2. The number of fused-ring (bicyclic) bond motifs is 5. The van der Waals surface area contributed by atoms with Crippen LogP contribution in [0, 0.1) is 0 Å². The van der Waals surface area contributed by atoms with E-state index in [4.69, 9.17) is 11.6 Å². The van der Waals surface area contributed by atoms with Crippen molar-refractivity contribution in [2.45, 2.75) is 0 Å². The highest BCUT2D eigenvalue weighted by Crippen LogP contribution is 2.50. The van der Waals surface area contributed by atoms with Crippen LogP contribution in [0.5, 0.6) is 0 Å². The number of halogens is 1. The zero-order valence-electron chi connectivity index (χ0n) is 14.1. The van der Waals surface area contributed by atoms with Gasteiger partial charge >= 0.3 is 0 Å². The summed E-state index contributed by atoms with van der Waals surface area (Å²) in [5.41, 5.74) is 8.25. The van der Waals surface area contributed by atoms with Gasteiger partial charge in [0, 0.05) is 21.8 Å². The molecule has 26 heavy (non-hydrogen) atoms. The number of hydrogen-bond donors (Lipinski definition) is 0. The average molecular weight is 354 g/mol. The van der Waals surface area contributed by atoms with E-state index in [-0.39, 0.29) is 0 Å². The monoisotopic (exact) mass is 353 g/mol. The van der Waals surface area contributed by atoms with E-state index in [9.17, 15) is 0 Å². The van der Waals surface area contributed by atoms with Gasteiger partial charge in [-0.1, -0.05) is 72.3 Å². The van der Waals surface area contributed by atoms with Crippen molar-refractivity contribution >= 4 is 28.7 Å². The molecule has 1 nitrogen and oxygen atoms in total. The van der Waals surface area contributed by atoms with Crippen molar-refractivity contribution in [1.29, 1.82) is 0 Å². The van der Waals surface area contributed by atoms with Crippen LogP contribution < -0.4 is 4.90 Å². The van der Waals surface area contributed by atoms with E-state index in [0.29, 0.717) is 0 Å². The molecule has 5 rings (SSSR count). The third-order valence-electron chi connectivity index (χ3n) is 4.87. The first-order valence-electron chi connectivity index (χ1n) is 8.66. The van der Waals surface area contributed by atoms with Crippen molar-refractivity contribution in [2.75, 3.05) is 4.90 Å². The van der Waals surface area contributed by atoms with Gasteiger partial charge in [-0.25, -0.2) is 0 Å². The van der Waals surface area contributed by atoms with Crippen LogP contribution in [0.4, 0.5) is 17.1 Å². The molecule has 4 aromatic carbocycles. The molecular formula is C24H16ClN. The van der Waals surface area contributed by atoms with Crippen molar-refractivity contribution < 1.29 is 0 Å². The highest BCUT2D eigenvalue weighted by molar-refractivity contribution is 6.31. The summed E-state index contributed by atoms with van der Waals surface area (Å²) in [6.07, 6.45) is 0. The van der Waals surface area contributed by atoms with Crippen molar-refractivity contribution in [3.05, 3.63) is 102 Å². The van der Waals surface area contributed by atoms with Gasteiger partial charge in [0.15, 0.2) is 0 Å². The molecule has 0 saturated carbocycles. The van der Waals surface area contributed by atoms with Crippen molar-refractivity contribution in [3.63, 3.8) is 0 Å². The lowest BCUT2D eigenvalue weighted by Crippen LogP contribution is -2.10. The van der Waals surface area contributed by atoms with E-state index in [1.54, 1.807) is 0 Å². The molecule has 1 heterocycles. The summed E-state index contributed by atoms with van der Waals surface area (Å²) in [4.78, 5) is 2.32. The van der Waals surface area contributed by atoms with Crippen molar-refractivity contribution in [1.82, 2.24) is 0 Å². The van der Waals surface area contributed by atoms with Gasteiger partial charge in [-0.2, -0.15) is 0 Å². The summed E-state index contributed by atoms with van der Waals surface area (Å²) in [6, 6.07) is 33.7. The summed E-state index contributed by atoms with van der Waals surface area (Å²) in [5.74, 6) is 0. The van der Waals surface area contributed by atoms with Gasteiger partial charge in [-0.05, 0) is 47.5 Å². The summed E-state index contributed by atoms with van der Waals surface area (Å²) in [7, 11) is 0. The van der Waals surface area contributed by atoms with Crippen LogP contribution in [-0.4, -0.2) is 0 Å². The highest BCUT2D eigenvalue weighted by atomic mass is 35.5. The number of benzene rings is 4. The first-order chi connectivity index (χ1) is 12.8. The minimum Gasteiger partial charge on any atom is -0.309 e. The maximum absolute atomic E-state index is 6.38. The van der Waals surface area contributed by atoms with Crippen LogP contribution >= 0.6 is 11.6 Å². The van der Waals surface area contributed by atoms with Crippen molar-refractivity contribution in [2.24, 2.45) is 0 Å². The molecule has 0 spiro atoms. The molecule has 0 saturated heterocycles. The van der Waals surface area contributed by atoms with E-state index < -0.39 is 0 Å². The number of rotatable bonds is 1. The second-order valence-corrected chi connectivity index (χ2v) is 6.83. The largest absolute Gasteiger partial charge is 0.309 e. The molecule has 4 aromatic rings. The van der Waals surface area contributed by atoms with Crippen LogP contribution in [0.3, 0.4) is 0 Å². The topological polar surface area (TPSA) is 3.24 Å². The first-order valence-corrected chi connectivity index (χ1v) is 9.04. The molecule has 0 fully saturated rings. The Morgan fingerprint density at radius 2 is 1.08 bits per heavy atom. The van der Waals surface area contributed by atoms with Gasteiger partial charge in [-0.15, -0.1) is 0 Å². The Kier molecular flexibility index (Phi) is 3.55. The molecular weight excluding hydrogens is 338 g/mol. The Morgan fingerprint density at radius 3 is 1.85 bits per heavy atom. The predicted molar refractivity (Wildman–Crippen MR) is 111 cm³/mol. The second-order valence-electron chi connectivity index (χ2n) is 6.40. The van der Waals surface area contributed by atoms with Crippen LogP contribution in [0.1, 0.15) is 0 Å². The molecule has 1 aliphatic heterocycles. The molecule has 0 aromatic heterocycles. The van der Waals surface area contributed by atoms with Crippen LogP contribution in [0.15, 0.2) is 97.1 Å². The Balaban J connectivity index is 1.93. The zero-order chi connectivity index (χ0) is 17.5. The Labute approximate surface area is 158 Å². The third kappa shape index (κ3) is 2.33. The quantitative estimate of drug-likeness (QED) is 0.302. The van der Waals surface area contributed by atoms with E-state index in [2.05, 4.69) is 89.8 Å². The fourth-order valence-corrected chi connectivity index (χ4v) is 3.93. The van der Waals surface area contributed by atoms with Gasteiger partial charge in [0.05, 0.1) is 11.4 Å². The Hall–Kier alpha value is -3.03. The fourth-order valence-electron chi connectivity index (χ4n) is 3.75. The number of nitrogens with zero attached hydrogens (tertiary/aromatic N) is 1. The number of anilines is 3. The maximum Gasteiger partial charge on any atom is 0.0541 e. The molecule has 2 heteroatoms. The minimum atomic E-state index is 0.748. The average Bonchev–Trinajstić information content (AvgIpc) is 2.82. The standard InChI is InChI=1S/C24H16ClN/c25-17-14-15-24-22(16-17)20-11-5-4-10-19(20)21-12-6-7-13-23(21)26(24)18-8-2-1-3-9-18/h1-16H. The van der Waals surface area contributed by atoms with Crippen molar-refractivity contribution in [3.8, 4) is 22.3 Å². The third-order valence-corrected chi connectivity index (χ3v) is 5.10. The van der Waals surface area contributed by atoms with Crippen LogP contribution in [0.2, 0.25) is 5.02 Å². The fraction of sp³-hybridized carbons (Fsp3) is 0. The molecule has 0 aliphatic carbocycles. The molecule has 0 atom stereocenters. The van der Waals surface area contributed by atoms with Gasteiger partial charge in [0.1, 0.15) is 0 Å². The zero-order valence-corrected chi connectivity index (χ0v) is 14.8. The lowest BCUT2D eigenvalue weighted by molar-refractivity contribution is 1.29. The lowest BCUT2D eigenvalue weighted by atomic mass is 9.95. The summed E-state index contributed by atoms with van der Waals surface area (Å²) in [6.45, 7) is 0. The van der Waals surface area contributed by atoms with Gasteiger partial charge in [0.25, 0.3) is 0 Å². The van der Waals surface area contributed by atoms with E-state index in [0.717, 1.165) is 22.0 Å². The maximum atomic E-state index is 6.38. The summed E-state index contributed by atoms with van der Waals surface area (Å²) < 4.78 is 0. The minimum absolute atomic E-state index is 0.748. The highest BCUT2D eigenvalue weighted by Gasteiger charge is 2.25. The molecule has 0 N–H and O–H groups in total. The lowest BCUT2D eigenvalue weighted by Gasteiger charge is -2.27. The first kappa shape index (κ1) is 15.2. The van der Waals surface area contributed by atoms with Crippen LogP contribution in [0.25, 0.3) is 22.3 Å². The SMILES string of the molecule is Clc1ccc2c(c1)-c1ccccc1-c1ccccc1N2c1ccccc1.